The molecule has 0 spiro atoms. The standard InChI is InChI=1S/C61H46N2/c1-61(2)57-31-15-14-30-55(57)56-38-37-53(42-58(56)61)63(59-39-34-44-18-12-13-29-54(44)60(59)45-19-6-3-7-20-45)52-28-17-23-48(41-52)47-22-16-21-46(40-47)43-32-35-51(36-33-43)62(49-24-8-4-9-25-49)50-26-10-5-11-27-50/h3-42H,1-2H3. The van der Waals surface area contributed by atoms with Gasteiger partial charge in [0, 0.05) is 39.4 Å². The van der Waals surface area contributed by atoms with E-state index in [1.807, 2.05) is 0 Å². The fourth-order valence-corrected chi connectivity index (χ4v) is 9.72. The predicted octanol–water partition coefficient (Wildman–Crippen LogP) is 17.1. The molecule has 1 aliphatic rings. The van der Waals surface area contributed by atoms with Gasteiger partial charge in [0.05, 0.1) is 5.69 Å². The summed E-state index contributed by atoms with van der Waals surface area (Å²) < 4.78 is 0. The van der Waals surface area contributed by atoms with E-state index in [1.54, 1.807) is 0 Å². The normalized spacial score (nSPS) is 12.4. The summed E-state index contributed by atoms with van der Waals surface area (Å²) in [5.41, 5.74) is 19.0. The van der Waals surface area contributed by atoms with Gasteiger partial charge in [0.2, 0.25) is 0 Å². The molecule has 0 N–H and O–H groups in total. The highest BCUT2D eigenvalue weighted by molar-refractivity contribution is 6.05. The molecule has 0 saturated heterocycles. The van der Waals surface area contributed by atoms with Crippen molar-refractivity contribution in [2.75, 3.05) is 9.80 Å². The number of nitrogens with zero attached hydrogens (tertiary/aromatic N) is 2. The van der Waals surface area contributed by atoms with Crippen molar-refractivity contribution in [3.8, 4) is 44.5 Å². The van der Waals surface area contributed by atoms with E-state index in [1.165, 1.54) is 60.8 Å². The van der Waals surface area contributed by atoms with Crippen molar-refractivity contribution in [3.05, 3.63) is 254 Å². The lowest BCUT2D eigenvalue weighted by molar-refractivity contribution is 0.660. The van der Waals surface area contributed by atoms with Crippen molar-refractivity contribution in [1.82, 2.24) is 0 Å². The smallest absolute Gasteiger partial charge is 0.0546 e. The highest BCUT2D eigenvalue weighted by Crippen LogP contribution is 2.52. The van der Waals surface area contributed by atoms with Crippen LogP contribution < -0.4 is 9.80 Å². The Morgan fingerprint density at radius 2 is 0.810 bits per heavy atom. The number of rotatable bonds is 9. The van der Waals surface area contributed by atoms with E-state index in [2.05, 4.69) is 266 Å². The van der Waals surface area contributed by atoms with Crippen molar-refractivity contribution in [3.63, 3.8) is 0 Å². The molecule has 0 atom stereocenters. The lowest BCUT2D eigenvalue weighted by atomic mass is 9.82. The highest BCUT2D eigenvalue weighted by Gasteiger charge is 2.36. The van der Waals surface area contributed by atoms with Gasteiger partial charge in [-0.1, -0.05) is 184 Å². The van der Waals surface area contributed by atoms with Gasteiger partial charge in [-0.3, -0.25) is 0 Å². The molecule has 10 aromatic carbocycles. The highest BCUT2D eigenvalue weighted by atomic mass is 15.1. The van der Waals surface area contributed by atoms with E-state index in [4.69, 9.17) is 0 Å². The lowest BCUT2D eigenvalue weighted by Gasteiger charge is -2.30. The largest absolute Gasteiger partial charge is 0.311 e. The van der Waals surface area contributed by atoms with Gasteiger partial charge in [0.25, 0.3) is 0 Å². The maximum Gasteiger partial charge on any atom is 0.0546 e. The molecule has 0 unspecified atom stereocenters. The first-order chi connectivity index (χ1) is 31.0. The van der Waals surface area contributed by atoms with Crippen LogP contribution in [0.2, 0.25) is 0 Å². The number of para-hydroxylation sites is 2. The molecule has 0 amide bonds. The van der Waals surface area contributed by atoms with Gasteiger partial charge < -0.3 is 9.80 Å². The minimum atomic E-state index is -0.138. The summed E-state index contributed by atoms with van der Waals surface area (Å²) >= 11 is 0. The van der Waals surface area contributed by atoms with Crippen molar-refractivity contribution in [1.29, 1.82) is 0 Å². The van der Waals surface area contributed by atoms with Crippen LogP contribution >= 0.6 is 0 Å². The third kappa shape index (κ3) is 6.87. The Balaban J connectivity index is 1.02. The number of hydrogen-bond donors (Lipinski definition) is 0. The average molecular weight is 807 g/mol. The van der Waals surface area contributed by atoms with Gasteiger partial charge in [0.15, 0.2) is 0 Å². The molecule has 2 nitrogen and oxygen atoms in total. The van der Waals surface area contributed by atoms with Gasteiger partial charge in [0.1, 0.15) is 0 Å². The molecule has 2 heteroatoms. The van der Waals surface area contributed by atoms with E-state index in [0.717, 1.165) is 39.7 Å². The minimum absolute atomic E-state index is 0.138. The lowest BCUT2D eigenvalue weighted by Crippen LogP contribution is -2.17. The van der Waals surface area contributed by atoms with Crippen LogP contribution in [-0.2, 0) is 5.41 Å². The molecule has 0 aliphatic heterocycles. The third-order valence-corrected chi connectivity index (χ3v) is 12.8. The van der Waals surface area contributed by atoms with Crippen LogP contribution in [-0.4, -0.2) is 0 Å². The van der Waals surface area contributed by atoms with Gasteiger partial charge in [-0.05, 0) is 134 Å². The topological polar surface area (TPSA) is 6.48 Å². The predicted molar refractivity (Wildman–Crippen MR) is 267 cm³/mol. The van der Waals surface area contributed by atoms with Gasteiger partial charge >= 0.3 is 0 Å². The first-order valence-corrected chi connectivity index (χ1v) is 21.8. The SMILES string of the molecule is CC1(C)c2ccccc2-c2ccc(N(c3cccc(-c4cccc(-c5ccc(N(c6ccccc6)c6ccccc6)cc5)c4)c3)c3ccc4ccccc4c3-c3ccccc3)cc21. The number of anilines is 6. The van der Waals surface area contributed by atoms with E-state index < -0.39 is 0 Å². The van der Waals surface area contributed by atoms with Crippen LogP contribution in [0.4, 0.5) is 34.1 Å². The first-order valence-electron chi connectivity index (χ1n) is 21.8. The maximum atomic E-state index is 2.48. The van der Waals surface area contributed by atoms with Gasteiger partial charge in [-0.15, -0.1) is 0 Å². The summed E-state index contributed by atoms with van der Waals surface area (Å²) in [4.78, 5) is 4.78. The van der Waals surface area contributed by atoms with E-state index >= 15 is 0 Å². The van der Waals surface area contributed by atoms with Crippen molar-refractivity contribution in [2.24, 2.45) is 0 Å². The monoisotopic (exact) mass is 806 g/mol. The molecule has 0 heterocycles. The van der Waals surface area contributed by atoms with E-state index in [-0.39, 0.29) is 5.41 Å². The molecule has 300 valence electrons. The minimum Gasteiger partial charge on any atom is -0.311 e. The quantitative estimate of drug-likeness (QED) is 0.143. The Bertz CT molecular complexity index is 3200. The number of benzene rings is 10. The summed E-state index contributed by atoms with van der Waals surface area (Å²) in [5, 5.41) is 2.45. The zero-order chi connectivity index (χ0) is 42.3. The first kappa shape index (κ1) is 38.0. The molecule has 10 aromatic rings. The molecule has 0 aromatic heterocycles. The van der Waals surface area contributed by atoms with Crippen LogP contribution in [0.15, 0.2) is 243 Å². The van der Waals surface area contributed by atoms with Crippen molar-refractivity contribution < 1.29 is 0 Å². The summed E-state index contributed by atoms with van der Waals surface area (Å²) in [7, 11) is 0. The van der Waals surface area contributed by atoms with Crippen LogP contribution in [0.1, 0.15) is 25.0 Å². The van der Waals surface area contributed by atoms with Gasteiger partial charge in [-0.2, -0.15) is 0 Å². The Kier molecular flexibility index (Phi) is 9.55. The van der Waals surface area contributed by atoms with Crippen molar-refractivity contribution in [2.45, 2.75) is 19.3 Å². The number of fused-ring (bicyclic) bond motifs is 4. The molecular weight excluding hydrogens is 761 g/mol. The summed E-state index contributed by atoms with van der Waals surface area (Å²) in [5.74, 6) is 0. The molecular formula is C61H46N2. The fraction of sp³-hybridized carbons (Fsp3) is 0.0492. The van der Waals surface area contributed by atoms with Crippen LogP contribution in [0.25, 0.3) is 55.3 Å². The van der Waals surface area contributed by atoms with Crippen LogP contribution in [0, 0.1) is 0 Å². The Labute approximate surface area is 370 Å². The zero-order valence-electron chi connectivity index (χ0n) is 35.5. The molecule has 0 saturated carbocycles. The van der Waals surface area contributed by atoms with E-state index in [9.17, 15) is 0 Å². The molecule has 0 fully saturated rings. The van der Waals surface area contributed by atoms with Gasteiger partial charge in [-0.25, -0.2) is 0 Å². The van der Waals surface area contributed by atoms with E-state index in [0.29, 0.717) is 0 Å². The third-order valence-electron chi connectivity index (χ3n) is 12.8. The van der Waals surface area contributed by atoms with Crippen LogP contribution in [0.3, 0.4) is 0 Å². The summed E-state index contributed by atoms with van der Waals surface area (Å²) in [6, 6.07) is 88.3. The second-order valence-corrected chi connectivity index (χ2v) is 17.0. The Hall–Kier alpha value is -7.94. The summed E-state index contributed by atoms with van der Waals surface area (Å²) in [6.45, 7) is 4.72. The maximum absolute atomic E-state index is 2.48. The fourth-order valence-electron chi connectivity index (χ4n) is 9.72. The zero-order valence-corrected chi connectivity index (χ0v) is 35.5. The number of hydrogen-bond acceptors (Lipinski definition) is 2. The Morgan fingerprint density at radius 1 is 0.302 bits per heavy atom. The second kappa shape index (κ2) is 15.8. The summed E-state index contributed by atoms with van der Waals surface area (Å²) in [6.07, 6.45) is 0. The average Bonchev–Trinajstić information content (AvgIpc) is 3.58. The second-order valence-electron chi connectivity index (χ2n) is 17.0. The molecule has 63 heavy (non-hydrogen) atoms. The van der Waals surface area contributed by atoms with Crippen LogP contribution in [0.5, 0.6) is 0 Å². The molecule has 11 rings (SSSR count). The molecule has 1 aliphatic carbocycles. The molecule has 0 bridgehead atoms. The Morgan fingerprint density at radius 3 is 1.54 bits per heavy atom. The molecule has 0 radical (unpaired) electrons. The van der Waals surface area contributed by atoms with Crippen molar-refractivity contribution >= 4 is 44.9 Å².